The van der Waals surface area contributed by atoms with Crippen molar-refractivity contribution in [3.63, 3.8) is 0 Å². The van der Waals surface area contributed by atoms with Gasteiger partial charge in [0.15, 0.2) is 10.6 Å². The second-order valence-electron chi connectivity index (χ2n) is 5.80. The number of aliphatic hydroxyl groups is 1. The second kappa shape index (κ2) is 9.05. The lowest BCUT2D eigenvalue weighted by Crippen LogP contribution is -2.32. The molecule has 0 spiro atoms. The van der Waals surface area contributed by atoms with E-state index in [9.17, 15) is 5.11 Å². The molecule has 7 heteroatoms. The zero-order valence-corrected chi connectivity index (χ0v) is 15.3. The fraction of sp³-hybridized carbons (Fsp3) is 0.867. The number of rotatable bonds is 7. The Balaban J connectivity index is 2.10. The van der Waals surface area contributed by atoms with E-state index in [1.165, 1.54) is 25.0 Å². The van der Waals surface area contributed by atoms with E-state index in [1.807, 2.05) is 9.25 Å². The van der Waals surface area contributed by atoms with Crippen LogP contribution in [0, 0.1) is 4.77 Å². The maximum absolute atomic E-state index is 9.49. The van der Waals surface area contributed by atoms with Crippen LogP contribution in [0.1, 0.15) is 45.4 Å². The highest BCUT2D eigenvalue weighted by Crippen LogP contribution is 2.22. The lowest BCUT2D eigenvalue weighted by Gasteiger charge is -2.23. The van der Waals surface area contributed by atoms with E-state index in [2.05, 4.69) is 35.6 Å². The summed E-state index contributed by atoms with van der Waals surface area (Å²) in [6.45, 7) is 8.07. The molecule has 1 aliphatic heterocycles. The average Bonchev–Trinajstić information content (AvgIpc) is 2.67. The van der Waals surface area contributed by atoms with Crippen LogP contribution in [0.25, 0.3) is 0 Å². The van der Waals surface area contributed by atoms with Crippen LogP contribution < -0.4 is 0 Å². The first-order chi connectivity index (χ1) is 10.7. The molecule has 1 aliphatic rings. The predicted octanol–water partition coefficient (Wildman–Crippen LogP) is 2.88. The zero-order chi connectivity index (χ0) is 15.9. The Morgan fingerprint density at radius 1 is 1.36 bits per heavy atom. The molecule has 0 bridgehead atoms. The molecule has 0 radical (unpaired) electrons. The Bertz CT molecular complexity index is 514. The van der Waals surface area contributed by atoms with Gasteiger partial charge in [0, 0.05) is 18.3 Å². The molecule has 2 heterocycles. The first kappa shape index (κ1) is 18.0. The zero-order valence-electron chi connectivity index (χ0n) is 13.7. The Hall–Kier alpha value is -0.370. The third kappa shape index (κ3) is 4.57. The van der Waals surface area contributed by atoms with Crippen molar-refractivity contribution in [2.24, 2.45) is 0 Å². The van der Waals surface area contributed by atoms with Crippen LogP contribution >= 0.6 is 24.0 Å². The maximum Gasteiger partial charge on any atom is 0.199 e. The Morgan fingerprint density at radius 2 is 2.18 bits per heavy atom. The average molecular weight is 345 g/mol. The molecule has 1 unspecified atom stereocenters. The van der Waals surface area contributed by atoms with Gasteiger partial charge < -0.3 is 9.67 Å². The minimum atomic E-state index is -0.0506. The van der Waals surface area contributed by atoms with E-state index in [0.717, 1.165) is 42.7 Å². The third-order valence-corrected chi connectivity index (χ3v) is 5.66. The second-order valence-corrected chi connectivity index (χ2v) is 7.74. The van der Waals surface area contributed by atoms with Gasteiger partial charge in [-0.3, -0.25) is 4.90 Å². The van der Waals surface area contributed by atoms with Crippen molar-refractivity contribution in [3.8, 4) is 0 Å². The molecular weight excluding hydrogens is 316 g/mol. The number of hydrogen-bond acceptors (Lipinski definition) is 5. The van der Waals surface area contributed by atoms with Crippen LogP contribution in [0.5, 0.6) is 0 Å². The summed E-state index contributed by atoms with van der Waals surface area (Å²) in [6.07, 6.45) is 4.86. The summed E-state index contributed by atoms with van der Waals surface area (Å²) in [4.78, 5) is 2.46. The summed E-state index contributed by atoms with van der Waals surface area (Å²) >= 11 is 7.61. The van der Waals surface area contributed by atoms with E-state index < -0.39 is 0 Å². The molecule has 1 fully saturated rings. The van der Waals surface area contributed by atoms with Crippen molar-refractivity contribution in [1.29, 1.82) is 0 Å². The first-order valence-electron chi connectivity index (χ1n) is 8.30. The molecule has 0 aromatic carbocycles. The summed E-state index contributed by atoms with van der Waals surface area (Å²) in [6, 6.07) is 0. The van der Waals surface area contributed by atoms with Crippen LogP contribution in [0.15, 0.2) is 0 Å². The Kier molecular flexibility index (Phi) is 7.40. The van der Waals surface area contributed by atoms with Crippen LogP contribution in [-0.4, -0.2) is 48.4 Å². The van der Waals surface area contributed by atoms with Crippen LogP contribution in [0.3, 0.4) is 0 Å². The van der Waals surface area contributed by atoms with Crippen molar-refractivity contribution in [3.05, 3.63) is 10.6 Å². The Morgan fingerprint density at radius 3 is 2.86 bits per heavy atom. The largest absolute Gasteiger partial charge is 0.388 e. The van der Waals surface area contributed by atoms with Gasteiger partial charge in [-0.15, -0.1) is 0 Å². The minimum Gasteiger partial charge on any atom is -0.388 e. The van der Waals surface area contributed by atoms with E-state index >= 15 is 0 Å². The molecule has 0 saturated carbocycles. The van der Waals surface area contributed by atoms with Crippen molar-refractivity contribution in [2.45, 2.75) is 64.6 Å². The van der Waals surface area contributed by atoms with Crippen molar-refractivity contribution < 1.29 is 5.11 Å². The third-order valence-electron chi connectivity index (χ3n) is 4.04. The molecule has 1 aromatic rings. The first-order valence-corrected chi connectivity index (χ1v) is 9.76. The van der Waals surface area contributed by atoms with E-state index in [1.54, 1.807) is 0 Å². The van der Waals surface area contributed by atoms with Crippen molar-refractivity contribution in [2.75, 3.05) is 18.8 Å². The highest BCUT2D eigenvalue weighted by molar-refractivity contribution is 7.99. The molecule has 1 N–H and O–H groups in total. The molecule has 5 nitrogen and oxygen atoms in total. The lowest BCUT2D eigenvalue weighted by molar-refractivity contribution is 0.212. The van der Waals surface area contributed by atoms with Gasteiger partial charge in [-0.25, -0.2) is 4.68 Å². The smallest absolute Gasteiger partial charge is 0.199 e. The number of aliphatic hydroxyl groups excluding tert-OH is 1. The van der Waals surface area contributed by atoms with Crippen LogP contribution in [0.4, 0.5) is 0 Å². The topological polar surface area (TPSA) is 46.2 Å². The van der Waals surface area contributed by atoms with Crippen molar-refractivity contribution in [1.82, 2.24) is 19.2 Å². The minimum absolute atomic E-state index is 0.0506. The van der Waals surface area contributed by atoms with Crippen molar-refractivity contribution >= 4 is 24.0 Å². The highest BCUT2D eigenvalue weighted by atomic mass is 32.2. The van der Waals surface area contributed by atoms with Gasteiger partial charge in [-0.2, -0.15) is 16.9 Å². The monoisotopic (exact) mass is 344 g/mol. The molecule has 126 valence electrons. The molecule has 1 atom stereocenters. The van der Waals surface area contributed by atoms with Gasteiger partial charge >= 0.3 is 0 Å². The molecular formula is C15H28N4OS2. The van der Waals surface area contributed by atoms with Gasteiger partial charge in [0.2, 0.25) is 0 Å². The lowest BCUT2D eigenvalue weighted by atomic mass is 10.2. The standard InChI is InChI=1S/C15H28N4OS2/c1-3-8-18-14(11-20)16-19(15(18)21)12-17-9-6-5-7-13(10-17)22-4-2/h13,20H,3-12H2,1-2H3. The van der Waals surface area contributed by atoms with E-state index in [-0.39, 0.29) is 6.61 Å². The van der Waals surface area contributed by atoms with Gasteiger partial charge in [-0.05, 0) is 43.8 Å². The quantitative estimate of drug-likeness (QED) is 0.771. The number of likely N-dealkylation sites (tertiary alicyclic amines) is 1. The number of hydrogen-bond donors (Lipinski definition) is 1. The molecule has 22 heavy (non-hydrogen) atoms. The van der Waals surface area contributed by atoms with Gasteiger partial charge in [0.25, 0.3) is 0 Å². The molecule has 0 amide bonds. The number of aromatic nitrogens is 3. The Labute approximate surface area is 142 Å². The fourth-order valence-corrected chi connectivity index (χ4v) is 4.43. The molecule has 0 aliphatic carbocycles. The molecule has 1 saturated heterocycles. The SMILES string of the molecule is CCCn1c(CO)nn(CN2CCCCC(SCC)C2)c1=S. The summed E-state index contributed by atoms with van der Waals surface area (Å²) in [7, 11) is 0. The fourth-order valence-electron chi connectivity index (χ4n) is 3.01. The molecule has 2 rings (SSSR count). The number of thioether (sulfide) groups is 1. The summed E-state index contributed by atoms with van der Waals surface area (Å²) in [5.74, 6) is 1.86. The summed E-state index contributed by atoms with van der Waals surface area (Å²) < 4.78 is 4.58. The van der Waals surface area contributed by atoms with Crippen LogP contribution in [-0.2, 0) is 19.8 Å². The van der Waals surface area contributed by atoms with E-state index in [0.29, 0.717) is 5.82 Å². The molecule has 1 aromatic heterocycles. The van der Waals surface area contributed by atoms with E-state index in [4.69, 9.17) is 12.2 Å². The van der Waals surface area contributed by atoms with Crippen LogP contribution in [0.2, 0.25) is 0 Å². The maximum atomic E-state index is 9.49. The normalized spacial score (nSPS) is 20.2. The van der Waals surface area contributed by atoms with Gasteiger partial charge in [-0.1, -0.05) is 20.3 Å². The van der Waals surface area contributed by atoms with Gasteiger partial charge in [0.05, 0.1) is 6.67 Å². The summed E-state index contributed by atoms with van der Waals surface area (Å²) in [5, 5.41) is 14.7. The number of nitrogens with zero attached hydrogens (tertiary/aromatic N) is 4. The summed E-state index contributed by atoms with van der Waals surface area (Å²) in [5.41, 5.74) is 0. The highest BCUT2D eigenvalue weighted by Gasteiger charge is 2.19. The predicted molar refractivity (Wildman–Crippen MR) is 94.6 cm³/mol. The van der Waals surface area contributed by atoms with Gasteiger partial charge in [0.1, 0.15) is 6.61 Å².